The fourth-order valence-corrected chi connectivity index (χ4v) is 17.4. The van der Waals surface area contributed by atoms with Crippen molar-refractivity contribution < 1.29 is 0 Å². The van der Waals surface area contributed by atoms with E-state index < -0.39 is 0 Å². The number of benzene rings is 16. The van der Waals surface area contributed by atoms with Gasteiger partial charge in [-0.3, -0.25) is 0 Å². The van der Waals surface area contributed by atoms with Crippen LogP contribution in [0.1, 0.15) is 33.4 Å². The van der Waals surface area contributed by atoms with Gasteiger partial charge in [0, 0.05) is 68.2 Å². The fraction of sp³-hybridized carbons (Fsp3) is 0.0638. The second-order valence-electron chi connectivity index (χ2n) is 27.4. The topological polar surface area (TPSA) is 13.0 Å². The first kappa shape index (κ1) is 60.3. The van der Waals surface area contributed by atoms with Crippen LogP contribution in [0.5, 0.6) is 0 Å². The molecule has 2 aliphatic rings. The Hall–Kier alpha value is -12.1. The zero-order valence-electron chi connectivity index (χ0n) is 57.1. The average molecular weight is 1280 g/mol. The van der Waals surface area contributed by atoms with E-state index in [1.165, 1.54) is 121 Å². The average Bonchev–Trinajstić information content (AvgIpc) is 1.47. The van der Waals surface area contributed by atoms with E-state index in [0.717, 1.165) is 68.2 Å². The number of para-hydroxylation sites is 8. The van der Waals surface area contributed by atoms with Gasteiger partial charge in [-0.2, -0.15) is 0 Å². The van der Waals surface area contributed by atoms with E-state index in [1.54, 1.807) is 0 Å². The third-order valence-electron chi connectivity index (χ3n) is 21.3. The molecule has 2 heterocycles. The molecule has 0 aliphatic carbocycles. The predicted molar refractivity (Wildman–Crippen MR) is 430 cm³/mol. The third-order valence-corrected chi connectivity index (χ3v) is 21.3. The van der Waals surface area contributed by atoms with Crippen molar-refractivity contribution in [2.75, 3.05) is 19.6 Å². The number of fused-ring (bicyclic) bond motifs is 8. The van der Waals surface area contributed by atoms with Crippen LogP contribution in [0.4, 0.5) is 68.2 Å². The highest BCUT2D eigenvalue weighted by atomic mass is 15.2. The normalized spacial score (nSPS) is 12.1. The van der Waals surface area contributed by atoms with Crippen molar-refractivity contribution in [3.63, 3.8) is 0 Å². The lowest BCUT2D eigenvalue weighted by atomic mass is 9.36. The fourth-order valence-electron chi connectivity index (χ4n) is 17.4. The molecular formula is C94H72B2N4. The molecule has 0 N–H and O–H groups in total. The first-order valence-electron chi connectivity index (χ1n) is 35.0. The minimum Gasteiger partial charge on any atom is -0.310 e. The van der Waals surface area contributed by atoms with Gasteiger partial charge in [0.2, 0.25) is 13.4 Å². The Balaban J connectivity index is 0.885. The van der Waals surface area contributed by atoms with Gasteiger partial charge in [-0.1, -0.05) is 248 Å². The van der Waals surface area contributed by atoms with E-state index in [4.69, 9.17) is 0 Å². The monoisotopic (exact) mass is 1280 g/mol. The minimum atomic E-state index is -0.0420. The molecule has 2 aliphatic heterocycles. The van der Waals surface area contributed by atoms with Crippen LogP contribution in [-0.2, 0) is 0 Å². The van der Waals surface area contributed by atoms with E-state index in [1.807, 2.05) is 0 Å². The summed E-state index contributed by atoms with van der Waals surface area (Å²) in [6.07, 6.45) is 0. The molecule has 0 saturated heterocycles. The standard InChI is InChI=1S/C94H72B2N4/c1-61-51-77(97(69-31-15-7-16-32-69)70-33-17-8-18-34-70)52-62(2)91(61)95-85-57-67-47-50-82-88-68(48-49-81(87(67)88)89(85)83-59-79(55-65(5)93(83)95)99(73-39-23-11-24-40-73)74-41-25-12-26-42-74)58-86-90(82)84-60-80(100(75-43-27-13-28-44-75)76-45-29-14-30-46-76)56-66(6)94(84)96(86)92-63(3)53-78(54-64(92)4)98(71-35-19-9-20-36-71)72-37-21-10-22-38-72/h7-60H,1-6H3. The SMILES string of the molecule is Cc1cc(N(c2ccccc2)c2ccccc2)cc(C)c1B1c2cc3ccc4c5c(cc6ccc(c2-c2cc(N(c7ccccc7)c7ccccc7)cc(C)c21)c3c64)B(c1c(C)cc(N(c2ccccc2)c2ccccc2)cc1C)c1c(C)cc(N(c2ccccc2)c2ccccc2)cc1-5. The molecule has 0 spiro atoms. The molecule has 0 radical (unpaired) electrons. The van der Waals surface area contributed by atoms with Crippen molar-refractivity contribution in [3.05, 3.63) is 361 Å². The molecule has 0 atom stereocenters. The van der Waals surface area contributed by atoms with Crippen LogP contribution in [0.3, 0.4) is 0 Å². The van der Waals surface area contributed by atoms with Crippen molar-refractivity contribution in [2.24, 2.45) is 0 Å². The van der Waals surface area contributed by atoms with Gasteiger partial charge in [0.1, 0.15) is 0 Å². The lowest BCUT2D eigenvalue weighted by Gasteiger charge is -2.28. The summed E-state index contributed by atoms with van der Waals surface area (Å²) in [6.45, 7) is 14.0. The quantitative estimate of drug-likeness (QED) is 0.0795. The zero-order valence-corrected chi connectivity index (χ0v) is 57.1. The molecule has 0 unspecified atom stereocenters. The molecule has 4 nitrogen and oxygen atoms in total. The van der Waals surface area contributed by atoms with Gasteiger partial charge >= 0.3 is 0 Å². The molecule has 474 valence electrons. The van der Waals surface area contributed by atoms with Crippen LogP contribution in [0.25, 0.3) is 54.6 Å². The highest BCUT2D eigenvalue weighted by Gasteiger charge is 2.42. The first-order chi connectivity index (χ1) is 49.1. The molecule has 16 aromatic rings. The molecule has 6 heteroatoms. The van der Waals surface area contributed by atoms with Gasteiger partial charge in [0.25, 0.3) is 0 Å². The summed E-state index contributed by atoms with van der Waals surface area (Å²) >= 11 is 0. The van der Waals surface area contributed by atoms with Crippen LogP contribution in [0.2, 0.25) is 0 Å². The molecule has 0 aromatic heterocycles. The Morgan fingerprint density at radius 1 is 0.200 bits per heavy atom. The summed E-state index contributed by atoms with van der Waals surface area (Å²) in [4.78, 5) is 9.68. The summed E-state index contributed by atoms with van der Waals surface area (Å²) < 4.78 is 0. The van der Waals surface area contributed by atoms with Gasteiger partial charge < -0.3 is 19.6 Å². The van der Waals surface area contributed by atoms with E-state index in [2.05, 4.69) is 389 Å². The van der Waals surface area contributed by atoms with Gasteiger partial charge in [0.05, 0.1) is 0 Å². The highest BCUT2D eigenvalue weighted by molar-refractivity contribution is 7.01. The number of hydrogen-bond donors (Lipinski definition) is 0. The van der Waals surface area contributed by atoms with Crippen molar-refractivity contribution in [1.29, 1.82) is 0 Å². The number of nitrogens with zero attached hydrogens (tertiary/aromatic N) is 4. The second-order valence-corrected chi connectivity index (χ2v) is 27.4. The van der Waals surface area contributed by atoms with Gasteiger partial charge in [-0.15, -0.1) is 0 Å². The summed E-state index contributed by atoms with van der Waals surface area (Å²) in [5.41, 5.74) is 34.5. The third kappa shape index (κ3) is 9.91. The van der Waals surface area contributed by atoms with Crippen LogP contribution in [-0.4, -0.2) is 13.4 Å². The number of anilines is 12. The Kier molecular flexibility index (Phi) is 14.8. The smallest absolute Gasteiger partial charge is 0.243 e. The predicted octanol–water partition coefficient (Wildman–Crippen LogP) is 21.3. The van der Waals surface area contributed by atoms with Crippen LogP contribution < -0.4 is 52.4 Å². The van der Waals surface area contributed by atoms with Crippen LogP contribution in [0, 0.1) is 41.5 Å². The Labute approximate surface area is 587 Å². The number of hydrogen-bond acceptors (Lipinski definition) is 4. The van der Waals surface area contributed by atoms with Crippen molar-refractivity contribution in [2.45, 2.75) is 41.5 Å². The summed E-state index contributed by atoms with van der Waals surface area (Å²) in [6, 6.07) is 121. The van der Waals surface area contributed by atoms with Gasteiger partial charge in [0.15, 0.2) is 0 Å². The highest BCUT2D eigenvalue weighted by Crippen LogP contribution is 2.48. The first-order valence-corrected chi connectivity index (χ1v) is 35.0. The minimum absolute atomic E-state index is 0.0420. The summed E-state index contributed by atoms with van der Waals surface area (Å²) in [5.74, 6) is 0. The Morgan fingerprint density at radius 2 is 0.410 bits per heavy atom. The number of rotatable bonds is 14. The molecular weight excluding hydrogens is 1210 g/mol. The van der Waals surface area contributed by atoms with Gasteiger partial charge in [-0.25, -0.2) is 0 Å². The van der Waals surface area contributed by atoms with Crippen LogP contribution >= 0.6 is 0 Å². The molecule has 0 fully saturated rings. The maximum Gasteiger partial charge on any atom is 0.243 e. The molecule has 100 heavy (non-hydrogen) atoms. The van der Waals surface area contributed by atoms with E-state index in [-0.39, 0.29) is 13.4 Å². The molecule has 0 amide bonds. The molecule has 18 rings (SSSR count). The lowest BCUT2D eigenvalue weighted by Crippen LogP contribution is -2.52. The van der Waals surface area contributed by atoms with Crippen molar-refractivity contribution in [3.8, 4) is 22.3 Å². The molecule has 16 aromatic carbocycles. The Bertz CT molecular complexity index is 5230. The zero-order chi connectivity index (χ0) is 67.3. The lowest BCUT2D eigenvalue weighted by molar-refractivity contribution is 1.26. The maximum absolute atomic E-state index is 2.59. The summed E-state index contributed by atoms with van der Waals surface area (Å²) in [7, 11) is 0. The van der Waals surface area contributed by atoms with Gasteiger partial charge in [-0.05, 0) is 242 Å². The van der Waals surface area contributed by atoms with E-state index in [0.29, 0.717) is 0 Å². The number of aryl methyl sites for hydroxylation is 6. The van der Waals surface area contributed by atoms with Crippen molar-refractivity contribution >= 4 is 147 Å². The second kappa shape index (κ2) is 24.5. The Morgan fingerprint density at radius 3 is 0.640 bits per heavy atom. The van der Waals surface area contributed by atoms with E-state index in [9.17, 15) is 0 Å². The van der Waals surface area contributed by atoms with E-state index >= 15 is 0 Å². The maximum atomic E-state index is 2.59. The van der Waals surface area contributed by atoms with Crippen LogP contribution in [0.15, 0.2) is 328 Å². The summed E-state index contributed by atoms with van der Waals surface area (Å²) in [5, 5.41) is 7.70. The largest absolute Gasteiger partial charge is 0.310 e. The molecule has 0 saturated carbocycles. The van der Waals surface area contributed by atoms with Crippen molar-refractivity contribution in [1.82, 2.24) is 0 Å². The molecule has 0 bridgehead atoms.